The topological polar surface area (TPSA) is 59.8 Å². The van der Waals surface area contributed by atoms with Gasteiger partial charge in [-0.05, 0) is 36.4 Å². The Balaban J connectivity index is 1.56. The lowest BCUT2D eigenvalue weighted by Crippen LogP contribution is -2.11. The molecule has 0 radical (unpaired) electrons. The highest BCUT2D eigenvalue weighted by Gasteiger charge is 2.11. The lowest BCUT2D eigenvalue weighted by Gasteiger charge is -2.03. The molecular weight excluding hydrogens is 320 g/mol. The number of pyridine rings is 1. The third-order valence-electron chi connectivity index (χ3n) is 3.85. The van der Waals surface area contributed by atoms with Gasteiger partial charge in [-0.1, -0.05) is 0 Å². The summed E-state index contributed by atoms with van der Waals surface area (Å²) in [5.74, 6) is -0.156. The highest BCUT2D eigenvalue weighted by atomic mass is 32.1. The number of aromatic nitrogens is 3. The number of carbonyl (C=O) groups excluding carboxylic acids is 1. The first-order valence-electron chi connectivity index (χ1n) is 7.43. The Morgan fingerprint density at radius 1 is 1.17 bits per heavy atom. The molecule has 1 N–H and O–H groups in total. The van der Waals surface area contributed by atoms with Crippen molar-refractivity contribution >= 4 is 33.3 Å². The van der Waals surface area contributed by atoms with Crippen LogP contribution in [0.25, 0.3) is 22.2 Å². The lowest BCUT2D eigenvalue weighted by molar-refractivity contribution is 0.102. The molecule has 3 heterocycles. The van der Waals surface area contributed by atoms with Crippen LogP contribution in [0, 0.1) is 0 Å². The number of amides is 1. The minimum absolute atomic E-state index is 0.156. The fraction of sp³-hybridized carbons (Fsp3) is 0.0556. The largest absolute Gasteiger partial charge is 0.351 e. The number of carbonyl (C=O) groups is 1. The van der Waals surface area contributed by atoms with Crippen molar-refractivity contribution in [3.05, 3.63) is 65.9 Å². The fourth-order valence-electron chi connectivity index (χ4n) is 2.58. The second-order valence-electron chi connectivity index (χ2n) is 5.43. The monoisotopic (exact) mass is 334 g/mol. The summed E-state index contributed by atoms with van der Waals surface area (Å²) in [5.41, 5.74) is 3.53. The molecule has 0 aliphatic rings. The van der Waals surface area contributed by atoms with Gasteiger partial charge >= 0.3 is 0 Å². The predicted molar refractivity (Wildman–Crippen MR) is 96.2 cm³/mol. The van der Waals surface area contributed by atoms with Crippen LogP contribution in [-0.4, -0.2) is 20.4 Å². The van der Waals surface area contributed by atoms with Gasteiger partial charge in [0.2, 0.25) is 0 Å². The van der Waals surface area contributed by atoms with Crippen LogP contribution in [0.5, 0.6) is 0 Å². The first-order valence-corrected chi connectivity index (χ1v) is 8.31. The Morgan fingerprint density at radius 2 is 2.00 bits per heavy atom. The van der Waals surface area contributed by atoms with Gasteiger partial charge in [0.25, 0.3) is 5.91 Å². The van der Waals surface area contributed by atoms with Crippen LogP contribution in [0.2, 0.25) is 0 Å². The SMILES string of the molecule is Cn1ccc2cc(C(=O)Nc3nc(-c4ccncc4)cs3)ccc21. The zero-order chi connectivity index (χ0) is 16.5. The molecule has 6 heteroatoms. The molecule has 118 valence electrons. The van der Waals surface area contributed by atoms with Gasteiger partial charge in [0, 0.05) is 53.0 Å². The first-order chi connectivity index (χ1) is 11.7. The summed E-state index contributed by atoms with van der Waals surface area (Å²) >= 11 is 1.41. The number of nitrogens with one attached hydrogen (secondary N) is 1. The molecule has 24 heavy (non-hydrogen) atoms. The molecule has 3 aromatic heterocycles. The summed E-state index contributed by atoms with van der Waals surface area (Å²) in [4.78, 5) is 20.9. The molecule has 0 saturated heterocycles. The standard InChI is InChI=1S/C18H14N4OS/c1-22-9-6-13-10-14(2-3-16(13)22)17(23)21-18-20-15(11-24-18)12-4-7-19-8-5-12/h2-11H,1H3,(H,20,21,23). The van der Waals surface area contributed by atoms with Crippen LogP contribution in [-0.2, 0) is 7.05 Å². The van der Waals surface area contributed by atoms with Crippen molar-refractivity contribution in [2.75, 3.05) is 5.32 Å². The Hall–Kier alpha value is -2.99. The molecule has 1 amide bonds. The summed E-state index contributed by atoms with van der Waals surface area (Å²) < 4.78 is 2.03. The zero-order valence-electron chi connectivity index (χ0n) is 12.9. The van der Waals surface area contributed by atoms with Gasteiger partial charge in [-0.2, -0.15) is 0 Å². The molecule has 0 saturated carbocycles. The van der Waals surface area contributed by atoms with E-state index in [4.69, 9.17) is 0 Å². The number of fused-ring (bicyclic) bond motifs is 1. The van der Waals surface area contributed by atoms with E-state index in [1.807, 2.05) is 59.6 Å². The van der Waals surface area contributed by atoms with E-state index in [2.05, 4.69) is 15.3 Å². The van der Waals surface area contributed by atoms with Gasteiger partial charge in [0.05, 0.1) is 5.69 Å². The van der Waals surface area contributed by atoms with Crippen molar-refractivity contribution in [1.82, 2.24) is 14.5 Å². The van der Waals surface area contributed by atoms with Gasteiger partial charge in [-0.3, -0.25) is 15.1 Å². The van der Waals surface area contributed by atoms with Crippen molar-refractivity contribution in [2.45, 2.75) is 0 Å². The molecule has 5 nitrogen and oxygen atoms in total. The maximum absolute atomic E-state index is 12.4. The van der Waals surface area contributed by atoms with E-state index in [0.29, 0.717) is 10.7 Å². The molecule has 0 spiro atoms. The summed E-state index contributed by atoms with van der Waals surface area (Å²) in [6, 6.07) is 11.5. The minimum Gasteiger partial charge on any atom is -0.351 e. The van der Waals surface area contributed by atoms with Gasteiger partial charge in [-0.15, -0.1) is 11.3 Å². The average Bonchev–Trinajstić information content (AvgIpc) is 3.22. The maximum atomic E-state index is 12.4. The second kappa shape index (κ2) is 5.90. The number of anilines is 1. The van der Waals surface area contributed by atoms with Crippen LogP contribution < -0.4 is 5.32 Å². The Labute approximate surface area is 142 Å². The number of thiazole rings is 1. The Kier molecular flexibility index (Phi) is 3.59. The summed E-state index contributed by atoms with van der Waals surface area (Å²) in [6.45, 7) is 0. The third kappa shape index (κ3) is 2.68. The third-order valence-corrected chi connectivity index (χ3v) is 4.61. The lowest BCUT2D eigenvalue weighted by atomic mass is 10.1. The number of nitrogens with zero attached hydrogens (tertiary/aromatic N) is 3. The molecule has 0 aliphatic carbocycles. The molecule has 4 rings (SSSR count). The van der Waals surface area contributed by atoms with Crippen molar-refractivity contribution < 1.29 is 4.79 Å². The van der Waals surface area contributed by atoms with Crippen LogP contribution >= 0.6 is 11.3 Å². The van der Waals surface area contributed by atoms with Crippen LogP contribution in [0.15, 0.2) is 60.4 Å². The van der Waals surface area contributed by atoms with Gasteiger partial charge in [0.15, 0.2) is 5.13 Å². The zero-order valence-corrected chi connectivity index (χ0v) is 13.7. The smallest absolute Gasteiger partial charge is 0.257 e. The van der Waals surface area contributed by atoms with E-state index in [1.54, 1.807) is 12.4 Å². The number of aryl methyl sites for hydroxylation is 1. The minimum atomic E-state index is -0.156. The number of hydrogen-bond donors (Lipinski definition) is 1. The van der Waals surface area contributed by atoms with E-state index >= 15 is 0 Å². The van der Waals surface area contributed by atoms with Crippen LogP contribution in [0.3, 0.4) is 0 Å². The molecule has 0 atom stereocenters. The molecule has 0 aliphatic heterocycles. The van der Waals surface area contributed by atoms with Gasteiger partial charge < -0.3 is 4.57 Å². The summed E-state index contributed by atoms with van der Waals surface area (Å²) in [7, 11) is 1.98. The van der Waals surface area contributed by atoms with E-state index in [1.165, 1.54) is 11.3 Å². The van der Waals surface area contributed by atoms with Crippen LogP contribution in [0.1, 0.15) is 10.4 Å². The van der Waals surface area contributed by atoms with E-state index < -0.39 is 0 Å². The molecule has 0 bridgehead atoms. The highest BCUT2D eigenvalue weighted by molar-refractivity contribution is 7.14. The molecule has 0 unspecified atom stereocenters. The Bertz CT molecular complexity index is 1020. The van der Waals surface area contributed by atoms with Crippen molar-refractivity contribution in [1.29, 1.82) is 0 Å². The fourth-order valence-corrected chi connectivity index (χ4v) is 3.29. The number of hydrogen-bond acceptors (Lipinski definition) is 4. The van der Waals surface area contributed by atoms with E-state index in [9.17, 15) is 4.79 Å². The predicted octanol–water partition coefficient (Wildman–Crippen LogP) is 3.95. The number of benzene rings is 1. The van der Waals surface area contributed by atoms with Crippen molar-refractivity contribution in [3.63, 3.8) is 0 Å². The highest BCUT2D eigenvalue weighted by Crippen LogP contribution is 2.25. The molecule has 0 fully saturated rings. The average molecular weight is 334 g/mol. The first kappa shape index (κ1) is 14.6. The van der Waals surface area contributed by atoms with Crippen molar-refractivity contribution in [3.8, 4) is 11.3 Å². The summed E-state index contributed by atoms with van der Waals surface area (Å²) in [5, 5.41) is 6.41. The summed E-state index contributed by atoms with van der Waals surface area (Å²) in [6.07, 6.45) is 5.43. The molecule has 4 aromatic rings. The Morgan fingerprint density at radius 3 is 2.83 bits per heavy atom. The van der Waals surface area contributed by atoms with Gasteiger partial charge in [0.1, 0.15) is 0 Å². The molecular formula is C18H14N4OS. The quantitative estimate of drug-likeness (QED) is 0.617. The maximum Gasteiger partial charge on any atom is 0.257 e. The number of rotatable bonds is 3. The van der Waals surface area contributed by atoms with Gasteiger partial charge in [-0.25, -0.2) is 4.98 Å². The second-order valence-corrected chi connectivity index (χ2v) is 6.29. The van der Waals surface area contributed by atoms with E-state index in [0.717, 1.165) is 22.2 Å². The molecule has 1 aromatic carbocycles. The van der Waals surface area contributed by atoms with Crippen molar-refractivity contribution in [2.24, 2.45) is 7.05 Å². The normalized spacial score (nSPS) is 10.9. The van der Waals surface area contributed by atoms with Crippen LogP contribution in [0.4, 0.5) is 5.13 Å². The van der Waals surface area contributed by atoms with E-state index in [-0.39, 0.29) is 5.91 Å².